The molecule has 3 heterocycles. The van der Waals surface area contributed by atoms with Gasteiger partial charge < -0.3 is 13.9 Å². The SMILES string of the molecule is CCOC(=O)C1C2C=C(c3ncc(-c4cn5c6c(nc5cc4F)CCC6c4ccccc4OC(F)F)cn3)CC21. The average molecular weight is 547 g/mol. The zero-order valence-electron chi connectivity index (χ0n) is 21.6. The molecule has 0 N–H and O–H groups in total. The van der Waals surface area contributed by atoms with Crippen LogP contribution in [0.15, 0.2) is 55.0 Å². The Kier molecular flexibility index (Phi) is 5.87. The number of nitrogens with zero attached hydrogens (tertiary/aromatic N) is 4. The minimum atomic E-state index is -2.93. The molecule has 3 aliphatic carbocycles. The van der Waals surface area contributed by atoms with Crippen molar-refractivity contribution >= 4 is 17.2 Å². The lowest BCUT2D eigenvalue weighted by Crippen LogP contribution is -2.10. The lowest BCUT2D eigenvalue weighted by atomic mass is 9.95. The van der Waals surface area contributed by atoms with Crippen LogP contribution in [0.5, 0.6) is 5.75 Å². The van der Waals surface area contributed by atoms with Crippen LogP contribution in [0.4, 0.5) is 13.2 Å². The number of alkyl halides is 2. The van der Waals surface area contributed by atoms with Crippen LogP contribution in [-0.2, 0) is 16.0 Å². The van der Waals surface area contributed by atoms with Crippen LogP contribution in [0, 0.1) is 23.6 Å². The molecule has 4 atom stereocenters. The number of allylic oxidation sites excluding steroid dienone is 2. The number of carbonyl (C=O) groups excluding carboxylic acids is 1. The molecule has 204 valence electrons. The largest absolute Gasteiger partial charge is 0.466 e. The Balaban J connectivity index is 1.19. The standard InChI is InChI=1S/C30H25F3N4O3/c1-2-39-29(38)26-19-9-15(10-20(19)26)28-34-12-16(13-35-28)21-14-37-25(11-22(21)31)36-23-8-7-18(27(23)37)17-5-3-4-6-24(17)40-30(32)33/h3-6,9,11-14,18-20,26,30H,2,7-8,10H2,1H3. The van der Waals surface area contributed by atoms with Crippen molar-refractivity contribution in [1.29, 1.82) is 0 Å². The van der Waals surface area contributed by atoms with Gasteiger partial charge in [0.2, 0.25) is 0 Å². The molecule has 1 aromatic carbocycles. The van der Waals surface area contributed by atoms with Gasteiger partial charge >= 0.3 is 12.6 Å². The quantitative estimate of drug-likeness (QED) is 0.272. The van der Waals surface area contributed by atoms with E-state index in [2.05, 4.69) is 21.0 Å². The molecule has 7 rings (SSSR count). The molecule has 0 amide bonds. The number of hydrogen-bond acceptors (Lipinski definition) is 6. The van der Waals surface area contributed by atoms with E-state index in [1.54, 1.807) is 43.7 Å². The Morgan fingerprint density at radius 1 is 1.20 bits per heavy atom. The third-order valence-corrected chi connectivity index (χ3v) is 8.22. The number of para-hydroxylation sites is 1. The molecule has 4 aromatic rings. The van der Waals surface area contributed by atoms with Crippen LogP contribution in [0.3, 0.4) is 0 Å². The van der Waals surface area contributed by atoms with E-state index < -0.39 is 12.4 Å². The molecule has 10 heteroatoms. The summed E-state index contributed by atoms with van der Waals surface area (Å²) in [5.41, 5.74) is 4.56. The Morgan fingerprint density at radius 2 is 2.00 bits per heavy atom. The zero-order chi connectivity index (χ0) is 27.5. The Morgan fingerprint density at radius 3 is 2.73 bits per heavy atom. The molecular formula is C30H25F3N4O3. The second-order valence-corrected chi connectivity index (χ2v) is 10.4. The van der Waals surface area contributed by atoms with E-state index in [-0.39, 0.29) is 35.4 Å². The van der Waals surface area contributed by atoms with Gasteiger partial charge in [-0.05, 0) is 49.7 Å². The lowest BCUT2D eigenvalue weighted by molar-refractivity contribution is -0.145. The zero-order valence-corrected chi connectivity index (χ0v) is 21.6. The van der Waals surface area contributed by atoms with Crippen molar-refractivity contribution in [1.82, 2.24) is 19.4 Å². The smallest absolute Gasteiger partial charge is 0.387 e. The van der Waals surface area contributed by atoms with E-state index in [1.165, 1.54) is 12.1 Å². The molecule has 0 saturated heterocycles. The van der Waals surface area contributed by atoms with Gasteiger partial charge in [-0.25, -0.2) is 19.3 Å². The molecule has 0 aliphatic heterocycles. The van der Waals surface area contributed by atoms with Gasteiger partial charge in [-0.3, -0.25) is 4.79 Å². The number of rotatable bonds is 7. The van der Waals surface area contributed by atoms with Crippen molar-refractivity contribution in [2.75, 3.05) is 6.61 Å². The number of aromatic nitrogens is 4. The molecule has 3 aliphatic rings. The molecule has 0 radical (unpaired) electrons. The molecular weight excluding hydrogens is 521 g/mol. The first-order valence-electron chi connectivity index (χ1n) is 13.4. The average Bonchev–Trinajstić information content (AvgIpc) is 3.25. The summed E-state index contributed by atoms with van der Waals surface area (Å²) in [6.45, 7) is -0.754. The van der Waals surface area contributed by atoms with Crippen LogP contribution in [0.1, 0.15) is 48.5 Å². The number of pyridine rings is 1. The van der Waals surface area contributed by atoms with Crippen molar-refractivity contribution in [3.05, 3.63) is 83.6 Å². The van der Waals surface area contributed by atoms with E-state index >= 15 is 4.39 Å². The summed E-state index contributed by atoms with van der Waals surface area (Å²) in [6, 6.07) is 8.14. The lowest BCUT2D eigenvalue weighted by Gasteiger charge is -2.17. The molecule has 3 aromatic heterocycles. The Labute approximate surface area is 227 Å². The summed E-state index contributed by atoms with van der Waals surface area (Å²) in [6.07, 6.45) is 8.97. The summed E-state index contributed by atoms with van der Waals surface area (Å²) in [4.78, 5) is 25.7. The fraction of sp³-hybridized carbons (Fsp3) is 0.333. The first kappa shape index (κ1) is 24.8. The number of aryl methyl sites for hydroxylation is 1. The van der Waals surface area contributed by atoms with Gasteiger partial charge in [-0.1, -0.05) is 24.3 Å². The van der Waals surface area contributed by atoms with Gasteiger partial charge in [0.25, 0.3) is 0 Å². The third-order valence-electron chi connectivity index (χ3n) is 8.22. The highest BCUT2D eigenvalue weighted by Crippen LogP contribution is 2.58. The maximum atomic E-state index is 15.3. The number of hydrogen-bond donors (Lipinski definition) is 0. The number of imidazole rings is 1. The van der Waals surface area contributed by atoms with Crippen LogP contribution in [0.25, 0.3) is 22.3 Å². The highest BCUT2D eigenvalue weighted by Gasteiger charge is 2.57. The number of halogens is 3. The summed E-state index contributed by atoms with van der Waals surface area (Å²) < 4.78 is 53.2. The summed E-state index contributed by atoms with van der Waals surface area (Å²) in [5.74, 6) is 0.212. The molecule has 7 nitrogen and oxygen atoms in total. The number of ether oxygens (including phenoxy) is 2. The van der Waals surface area contributed by atoms with Crippen LogP contribution in [0.2, 0.25) is 0 Å². The van der Waals surface area contributed by atoms with Gasteiger partial charge in [-0.15, -0.1) is 0 Å². The van der Waals surface area contributed by atoms with Crippen molar-refractivity contribution in [3.8, 4) is 16.9 Å². The molecule has 4 unspecified atom stereocenters. The number of carbonyl (C=O) groups is 1. The maximum absolute atomic E-state index is 15.3. The van der Waals surface area contributed by atoms with Crippen LogP contribution in [-0.4, -0.2) is 38.5 Å². The second-order valence-electron chi connectivity index (χ2n) is 10.4. The number of benzene rings is 1. The predicted octanol–water partition coefficient (Wildman–Crippen LogP) is 5.82. The first-order chi connectivity index (χ1) is 19.4. The van der Waals surface area contributed by atoms with Gasteiger partial charge in [-0.2, -0.15) is 8.78 Å². The van der Waals surface area contributed by atoms with E-state index in [0.29, 0.717) is 54.0 Å². The maximum Gasteiger partial charge on any atom is 0.387 e. The van der Waals surface area contributed by atoms with Crippen molar-refractivity contribution < 1.29 is 27.4 Å². The molecule has 1 fully saturated rings. The Bertz CT molecular complexity index is 1670. The second kappa shape index (κ2) is 9.46. The molecule has 0 bridgehead atoms. The van der Waals surface area contributed by atoms with Crippen molar-refractivity contribution in [2.45, 2.75) is 38.7 Å². The van der Waals surface area contributed by atoms with E-state index in [0.717, 1.165) is 17.0 Å². The normalized spacial score (nSPS) is 22.8. The van der Waals surface area contributed by atoms with Gasteiger partial charge in [0.05, 0.1) is 23.9 Å². The number of fused-ring (bicyclic) bond motifs is 4. The third kappa shape index (κ3) is 4.04. The summed E-state index contributed by atoms with van der Waals surface area (Å²) in [7, 11) is 0. The Hall–Kier alpha value is -4.21. The monoisotopic (exact) mass is 546 g/mol. The van der Waals surface area contributed by atoms with E-state index in [9.17, 15) is 13.6 Å². The van der Waals surface area contributed by atoms with Crippen LogP contribution >= 0.6 is 0 Å². The predicted molar refractivity (Wildman–Crippen MR) is 139 cm³/mol. The summed E-state index contributed by atoms with van der Waals surface area (Å²) in [5, 5.41) is 0. The minimum Gasteiger partial charge on any atom is -0.466 e. The van der Waals surface area contributed by atoms with E-state index in [4.69, 9.17) is 9.47 Å². The molecule has 0 spiro atoms. The molecule has 40 heavy (non-hydrogen) atoms. The highest BCUT2D eigenvalue weighted by atomic mass is 19.3. The fourth-order valence-electron chi connectivity index (χ4n) is 6.40. The highest BCUT2D eigenvalue weighted by molar-refractivity contribution is 5.81. The first-order valence-corrected chi connectivity index (χ1v) is 13.4. The van der Waals surface area contributed by atoms with Gasteiger partial charge in [0.1, 0.15) is 17.2 Å². The van der Waals surface area contributed by atoms with Crippen LogP contribution < -0.4 is 4.74 Å². The van der Waals surface area contributed by atoms with Gasteiger partial charge in [0, 0.05) is 47.3 Å². The molecule has 1 saturated carbocycles. The fourth-order valence-corrected chi connectivity index (χ4v) is 6.40. The topological polar surface area (TPSA) is 78.6 Å². The van der Waals surface area contributed by atoms with Crippen molar-refractivity contribution in [2.24, 2.45) is 17.8 Å². The summed E-state index contributed by atoms with van der Waals surface area (Å²) >= 11 is 0. The van der Waals surface area contributed by atoms with Crippen molar-refractivity contribution in [3.63, 3.8) is 0 Å². The number of esters is 1. The van der Waals surface area contributed by atoms with E-state index in [1.807, 2.05) is 4.40 Å². The minimum absolute atomic E-state index is 0.0709. The van der Waals surface area contributed by atoms with Gasteiger partial charge in [0.15, 0.2) is 5.82 Å².